The van der Waals surface area contributed by atoms with Crippen LogP contribution in [0.2, 0.25) is 0 Å². The molecule has 0 aromatic carbocycles. The van der Waals surface area contributed by atoms with Crippen LogP contribution in [0.25, 0.3) is 0 Å². The predicted molar refractivity (Wildman–Crippen MR) is 80.1 cm³/mol. The number of fused-ring (bicyclic) bond motifs is 1. The lowest BCUT2D eigenvalue weighted by molar-refractivity contribution is -0.137. The molecule has 0 spiro atoms. The smallest absolute Gasteiger partial charge is 0.243 e. The number of aromatic nitrogens is 3. The van der Waals surface area contributed by atoms with Crippen molar-refractivity contribution in [2.75, 3.05) is 6.54 Å². The molecule has 22 heavy (non-hydrogen) atoms. The van der Waals surface area contributed by atoms with Gasteiger partial charge in [0.1, 0.15) is 17.7 Å². The van der Waals surface area contributed by atoms with E-state index in [0.29, 0.717) is 6.54 Å². The molecule has 2 aliphatic rings. The fraction of sp³-hybridized carbons (Fsp3) is 0.733. The first-order valence-corrected chi connectivity index (χ1v) is 8.08. The van der Waals surface area contributed by atoms with E-state index < -0.39 is 0 Å². The number of rotatable bonds is 3. The van der Waals surface area contributed by atoms with E-state index in [1.807, 2.05) is 0 Å². The van der Waals surface area contributed by atoms with Crippen molar-refractivity contribution >= 4 is 11.8 Å². The van der Waals surface area contributed by atoms with Crippen LogP contribution < -0.4 is 5.32 Å². The predicted octanol–water partition coefficient (Wildman–Crippen LogP) is 0.282. The average molecular weight is 305 g/mol. The molecule has 2 aliphatic heterocycles. The van der Waals surface area contributed by atoms with E-state index in [-0.39, 0.29) is 23.9 Å². The van der Waals surface area contributed by atoms with E-state index in [0.717, 1.165) is 50.3 Å². The molecule has 0 bridgehead atoms. The zero-order valence-electron chi connectivity index (χ0n) is 13.2. The van der Waals surface area contributed by atoms with Crippen LogP contribution in [-0.4, -0.2) is 50.1 Å². The summed E-state index contributed by atoms with van der Waals surface area (Å²) in [5, 5.41) is 11.5. The number of hydrogen-bond acceptors (Lipinski definition) is 4. The number of carbonyl (C=O) groups excluding carboxylic acids is 2. The molecular weight excluding hydrogens is 282 g/mol. The first-order chi connectivity index (χ1) is 10.6. The van der Waals surface area contributed by atoms with Gasteiger partial charge in [0.25, 0.3) is 0 Å². The van der Waals surface area contributed by atoms with Gasteiger partial charge in [-0.1, -0.05) is 6.92 Å². The Balaban J connectivity index is 1.64. The van der Waals surface area contributed by atoms with Crippen molar-refractivity contribution in [3.8, 4) is 0 Å². The van der Waals surface area contributed by atoms with Crippen LogP contribution in [-0.2, 0) is 29.0 Å². The molecule has 120 valence electrons. The van der Waals surface area contributed by atoms with Gasteiger partial charge < -0.3 is 14.8 Å². The van der Waals surface area contributed by atoms with E-state index in [2.05, 4.69) is 27.0 Å². The van der Waals surface area contributed by atoms with Gasteiger partial charge in [0, 0.05) is 38.9 Å². The van der Waals surface area contributed by atoms with Crippen LogP contribution in [0.3, 0.4) is 0 Å². The third kappa shape index (κ3) is 2.71. The van der Waals surface area contributed by atoms with Gasteiger partial charge in [-0.05, 0) is 19.3 Å². The molecule has 0 aliphatic carbocycles. The van der Waals surface area contributed by atoms with Crippen molar-refractivity contribution in [1.29, 1.82) is 0 Å². The molecule has 1 fully saturated rings. The number of amides is 2. The highest BCUT2D eigenvalue weighted by molar-refractivity contribution is 5.87. The summed E-state index contributed by atoms with van der Waals surface area (Å²) in [7, 11) is 0. The van der Waals surface area contributed by atoms with Gasteiger partial charge >= 0.3 is 0 Å². The number of nitrogens with one attached hydrogen (secondary N) is 1. The Morgan fingerprint density at radius 3 is 2.86 bits per heavy atom. The van der Waals surface area contributed by atoms with E-state index >= 15 is 0 Å². The first kappa shape index (κ1) is 15.0. The third-order valence-electron chi connectivity index (χ3n) is 4.65. The SMILES string of the molecule is CCc1nnc2n1C[C@H](NC(=O)[C@@H]1CCCN1C(C)=O)CC2. The molecule has 3 rings (SSSR count). The van der Waals surface area contributed by atoms with Crippen molar-refractivity contribution in [1.82, 2.24) is 25.0 Å². The highest BCUT2D eigenvalue weighted by atomic mass is 16.2. The molecule has 7 nitrogen and oxygen atoms in total. The lowest BCUT2D eigenvalue weighted by Gasteiger charge is -2.28. The van der Waals surface area contributed by atoms with Crippen LogP contribution in [0.15, 0.2) is 0 Å². The van der Waals surface area contributed by atoms with Crippen LogP contribution in [0.5, 0.6) is 0 Å². The minimum Gasteiger partial charge on any atom is -0.350 e. The van der Waals surface area contributed by atoms with Gasteiger partial charge in [-0.3, -0.25) is 9.59 Å². The molecule has 2 atom stereocenters. The summed E-state index contributed by atoms with van der Waals surface area (Å²) >= 11 is 0. The summed E-state index contributed by atoms with van der Waals surface area (Å²) in [5.41, 5.74) is 0. The molecule has 0 saturated carbocycles. The average Bonchev–Trinajstić information content (AvgIpc) is 3.13. The van der Waals surface area contributed by atoms with Gasteiger partial charge in [0.05, 0.1) is 0 Å². The topological polar surface area (TPSA) is 80.1 Å². The largest absolute Gasteiger partial charge is 0.350 e. The molecule has 3 heterocycles. The summed E-state index contributed by atoms with van der Waals surface area (Å²) in [4.78, 5) is 25.8. The van der Waals surface area contributed by atoms with Crippen molar-refractivity contribution in [2.24, 2.45) is 0 Å². The fourth-order valence-corrected chi connectivity index (χ4v) is 3.48. The molecule has 1 aromatic heterocycles. The molecule has 1 saturated heterocycles. The molecule has 2 amide bonds. The molecule has 7 heteroatoms. The maximum Gasteiger partial charge on any atom is 0.243 e. The molecule has 1 N–H and O–H groups in total. The van der Waals surface area contributed by atoms with E-state index in [1.54, 1.807) is 4.90 Å². The molecular formula is C15H23N5O2. The maximum atomic E-state index is 12.5. The minimum absolute atomic E-state index is 0.0179. The van der Waals surface area contributed by atoms with Crippen LogP contribution in [0.4, 0.5) is 0 Å². The Kier molecular flexibility index (Phi) is 4.13. The van der Waals surface area contributed by atoms with Gasteiger partial charge in [-0.15, -0.1) is 10.2 Å². The quantitative estimate of drug-likeness (QED) is 0.870. The van der Waals surface area contributed by atoms with E-state index in [1.165, 1.54) is 6.92 Å². The van der Waals surface area contributed by atoms with Crippen LogP contribution in [0.1, 0.15) is 44.8 Å². The molecule has 0 radical (unpaired) electrons. The summed E-state index contributed by atoms with van der Waals surface area (Å²) in [6.45, 7) is 5.00. The Morgan fingerprint density at radius 1 is 1.32 bits per heavy atom. The van der Waals surface area contributed by atoms with Crippen molar-refractivity contribution < 1.29 is 9.59 Å². The Labute approximate surface area is 130 Å². The van der Waals surface area contributed by atoms with E-state index in [9.17, 15) is 9.59 Å². The van der Waals surface area contributed by atoms with Gasteiger partial charge in [0.2, 0.25) is 11.8 Å². The number of likely N-dealkylation sites (tertiary alicyclic amines) is 1. The second kappa shape index (κ2) is 6.06. The fourth-order valence-electron chi connectivity index (χ4n) is 3.48. The Bertz CT molecular complexity index is 569. The minimum atomic E-state index is -0.301. The van der Waals surface area contributed by atoms with Crippen LogP contribution >= 0.6 is 0 Å². The van der Waals surface area contributed by atoms with Gasteiger partial charge in [0.15, 0.2) is 0 Å². The first-order valence-electron chi connectivity index (χ1n) is 8.08. The Hall–Kier alpha value is -1.92. The van der Waals surface area contributed by atoms with Crippen LogP contribution in [0, 0.1) is 0 Å². The van der Waals surface area contributed by atoms with Crippen molar-refractivity contribution in [2.45, 2.75) is 64.6 Å². The third-order valence-corrected chi connectivity index (χ3v) is 4.65. The number of hydrogen-bond donors (Lipinski definition) is 1. The number of aryl methyl sites for hydroxylation is 2. The summed E-state index contributed by atoms with van der Waals surface area (Å²) in [6.07, 6.45) is 4.21. The summed E-state index contributed by atoms with van der Waals surface area (Å²) in [5.74, 6) is 1.94. The Morgan fingerprint density at radius 2 is 2.14 bits per heavy atom. The van der Waals surface area contributed by atoms with Gasteiger partial charge in [-0.25, -0.2) is 0 Å². The zero-order valence-corrected chi connectivity index (χ0v) is 13.2. The summed E-state index contributed by atoms with van der Waals surface area (Å²) < 4.78 is 2.12. The highest BCUT2D eigenvalue weighted by Crippen LogP contribution is 2.19. The maximum absolute atomic E-state index is 12.5. The second-order valence-electron chi connectivity index (χ2n) is 6.11. The van der Waals surface area contributed by atoms with E-state index in [4.69, 9.17) is 0 Å². The number of carbonyl (C=O) groups is 2. The van der Waals surface area contributed by atoms with Gasteiger partial charge in [-0.2, -0.15) is 0 Å². The lowest BCUT2D eigenvalue weighted by Crippen LogP contribution is -2.50. The second-order valence-corrected chi connectivity index (χ2v) is 6.11. The standard InChI is InChI=1S/C15H23N5O2/c1-3-13-17-18-14-7-6-11(9-20(13)14)16-15(22)12-5-4-8-19(12)10(2)21/h11-12H,3-9H2,1-2H3,(H,16,22)/t11-,12+/m1/s1. The van der Waals surface area contributed by atoms with Crippen molar-refractivity contribution in [3.63, 3.8) is 0 Å². The number of nitrogens with zero attached hydrogens (tertiary/aromatic N) is 4. The highest BCUT2D eigenvalue weighted by Gasteiger charge is 2.34. The normalized spacial score (nSPS) is 24.2. The summed E-state index contributed by atoms with van der Waals surface area (Å²) in [6, 6.07) is -0.207. The monoisotopic (exact) mass is 305 g/mol. The molecule has 1 aromatic rings. The lowest BCUT2D eigenvalue weighted by atomic mass is 10.1. The van der Waals surface area contributed by atoms with Crippen molar-refractivity contribution in [3.05, 3.63) is 11.6 Å². The molecule has 0 unspecified atom stereocenters. The zero-order chi connectivity index (χ0) is 15.7.